The van der Waals surface area contributed by atoms with Crippen molar-refractivity contribution in [3.05, 3.63) is 0 Å². The largest absolute Gasteiger partial charge is 0.339 e. The number of alkyl halides is 1. The highest BCUT2D eigenvalue weighted by Gasteiger charge is 2.30. The molecule has 1 amide bonds. The van der Waals surface area contributed by atoms with Crippen LogP contribution in [0, 0.1) is 11.8 Å². The van der Waals surface area contributed by atoms with E-state index in [1.807, 2.05) is 6.92 Å². The lowest BCUT2D eigenvalue weighted by Gasteiger charge is -2.38. The van der Waals surface area contributed by atoms with E-state index in [-0.39, 0.29) is 5.92 Å². The van der Waals surface area contributed by atoms with Gasteiger partial charge in [0.05, 0.1) is 0 Å². The number of likely N-dealkylation sites (tertiary alicyclic amines) is 1. The molecule has 3 heteroatoms. The number of hydrogen-bond donors (Lipinski definition) is 0. The fourth-order valence-corrected chi connectivity index (χ4v) is 2.52. The van der Waals surface area contributed by atoms with Crippen LogP contribution < -0.4 is 0 Å². The summed E-state index contributed by atoms with van der Waals surface area (Å²) in [6.45, 7) is 7.20. The van der Waals surface area contributed by atoms with Gasteiger partial charge in [-0.2, -0.15) is 0 Å². The van der Waals surface area contributed by atoms with Gasteiger partial charge in [0.2, 0.25) is 5.91 Å². The fraction of sp³-hybridized carbons (Fsp3) is 0.923. The van der Waals surface area contributed by atoms with Gasteiger partial charge < -0.3 is 4.90 Å². The summed E-state index contributed by atoms with van der Waals surface area (Å²) in [5.41, 5.74) is 0. The number of nitrogens with zero attached hydrogens (tertiary/aromatic N) is 1. The predicted octanol–water partition coefficient (Wildman–Crippen LogP) is 3.29. The normalized spacial score (nSPS) is 23.6. The van der Waals surface area contributed by atoms with Gasteiger partial charge in [-0.3, -0.25) is 4.79 Å². The Morgan fingerprint density at radius 2 is 2.06 bits per heavy atom. The van der Waals surface area contributed by atoms with Crippen LogP contribution in [0.15, 0.2) is 0 Å². The van der Waals surface area contributed by atoms with Crippen LogP contribution in [0.5, 0.6) is 0 Å². The molecule has 2 nitrogen and oxygen atoms in total. The average molecular weight is 246 g/mol. The van der Waals surface area contributed by atoms with Crippen molar-refractivity contribution < 1.29 is 4.79 Å². The first-order valence-electron chi connectivity index (χ1n) is 6.44. The second-order valence-corrected chi connectivity index (χ2v) is 5.57. The van der Waals surface area contributed by atoms with Crippen molar-refractivity contribution in [3.8, 4) is 0 Å². The van der Waals surface area contributed by atoms with Crippen molar-refractivity contribution in [2.75, 3.05) is 12.4 Å². The summed E-state index contributed by atoms with van der Waals surface area (Å²) in [7, 11) is 0. The third kappa shape index (κ3) is 3.38. The lowest BCUT2D eigenvalue weighted by molar-refractivity contribution is -0.140. The third-order valence-electron chi connectivity index (χ3n) is 3.74. The van der Waals surface area contributed by atoms with Crippen molar-refractivity contribution in [3.63, 3.8) is 0 Å². The van der Waals surface area contributed by atoms with Gasteiger partial charge in [0.15, 0.2) is 0 Å². The van der Waals surface area contributed by atoms with Crippen LogP contribution in [0.4, 0.5) is 0 Å². The molecule has 0 aromatic heterocycles. The molecule has 1 aliphatic heterocycles. The van der Waals surface area contributed by atoms with E-state index in [0.29, 0.717) is 23.7 Å². The fourth-order valence-electron chi connectivity index (χ4n) is 2.26. The SMILES string of the molecule is CC(C)C(C)C(=O)N1CCCCC1CCCl. The molecule has 0 N–H and O–H groups in total. The van der Waals surface area contributed by atoms with Gasteiger partial charge in [-0.15, -0.1) is 11.6 Å². The summed E-state index contributed by atoms with van der Waals surface area (Å²) < 4.78 is 0. The highest BCUT2D eigenvalue weighted by Crippen LogP contribution is 2.24. The molecule has 1 rings (SSSR count). The first-order chi connectivity index (χ1) is 7.57. The van der Waals surface area contributed by atoms with E-state index in [9.17, 15) is 4.79 Å². The van der Waals surface area contributed by atoms with E-state index < -0.39 is 0 Å². The number of halogens is 1. The Bertz CT molecular complexity index is 228. The first-order valence-corrected chi connectivity index (χ1v) is 6.97. The maximum absolute atomic E-state index is 12.3. The van der Waals surface area contributed by atoms with Gasteiger partial charge >= 0.3 is 0 Å². The van der Waals surface area contributed by atoms with Crippen molar-refractivity contribution in [1.29, 1.82) is 0 Å². The van der Waals surface area contributed by atoms with E-state index >= 15 is 0 Å². The van der Waals surface area contributed by atoms with E-state index in [0.717, 1.165) is 25.8 Å². The van der Waals surface area contributed by atoms with E-state index in [2.05, 4.69) is 18.7 Å². The Balaban J connectivity index is 2.63. The van der Waals surface area contributed by atoms with Gasteiger partial charge in [-0.1, -0.05) is 20.8 Å². The molecule has 0 aliphatic carbocycles. The number of amides is 1. The standard InChI is InChI=1S/C13H24ClNO/c1-10(2)11(3)13(16)15-9-5-4-6-12(15)7-8-14/h10-12H,4-9H2,1-3H3. The van der Waals surface area contributed by atoms with Crippen LogP contribution in [0.1, 0.15) is 46.5 Å². The Morgan fingerprint density at radius 3 is 2.62 bits per heavy atom. The second kappa shape index (κ2) is 6.48. The molecule has 1 saturated heterocycles. The van der Waals surface area contributed by atoms with Gasteiger partial charge in [0.25, 0.3) is 0 Å². The minimum Gasteiger partial charge on any atom is -0.339 e. The molecular formula is C13H24ClNO. The summed E-state index contributed by atoms with van der Waals surface area (Å²) in [6, 6.07) is 0.389. The zero-order chi connectivity index (χ0) is 12.1. The first kappa shape index (κ1) is 13.8. The molecule has 1 fully saturated rings. The Morgan fingerprint density at radius 1 is 1.38 bits per heavy atom. The maximum atomic E-state index is 12.3. The molecule has 0 aromatic rings. The summed E-state index contributed by atoms with van der Waals surface area (Å²) in [4.78, 5) is 14.4. The molecule has 0 saturated carbocycles. The number of hydrogen-bond acceptors (Lipinski definition) is 1. The van der Waals surface area contributed by atoms with Crippen molar-refractivity contribution in [1.82, 2.24) is 4.90 Å². The summed E-state index contributed by atoms with van der Waals surface area (Å²) >= 11 is 5.81. The van der Waals surface area contributed by atoms with Crippen LogP contribution in [0.3, 0.4) is 0 Å². The van der Waals surface area contributed by atoms with Crippen LogP contribution >= 0.6 is 11.6 Å². The van der Waals surface area contributed by atoms with Crippen molar-refractivity contribution in [2.45, 2.75) is 52.5 Å². The van der Waals surface area contributed by atoms with E-state index in [1.165, 1.54) is 6.42 Å². The average Bonchev–Trinajstić information content (AvgIpc) is 2.28. The topological polar surface area (TPSA) is 20.3 Å². The van der Waals surface area contributed by atoms with Crippen LogP contribution in [-0.2, 0) is 4.79 Å². The maximum Gasteiger partial charge on any atom is 0.225 e. The van der Waals surface area contributed by atoms with Gasteiger partial charge in [-0.25, -0.2) is 0 Å². The number of carbonyl (C=O) groups is 1. The summed E-state index contributed by atoms with van der Waals surface area (Å²) in [6.07, 6.45) is 4.46. The van der Waals surface area contributed by atoms with Gasteiger partial charge in [-0.05, 0) is 31.6 Å². The molecule has 2 unspecified atom stereocenters. The minimum absolute atomic E-state index is 0.135. The van der Waals surface area contributed by atoms with Crippen molar-refractivity contribution in [2.24, 2.45) is 11.8 Å². The van der Waals surface area contributed by atoms with Gasteiger partial charge in [0.1, 0.15) is 0 Å². The molecule has 0 aromatic carbocycles. The predicted molar refractivity (Wildman–Crippen MR) is 68.7 cm³/mol. The van der Waals surface area contributed by atoms with Crippen LogP contribution in [-0.4, -0.2) is 29.3 Å². The number of carbonyl (C=O) groups excluding carboxylic acids is 1. The van der Waals surface area contributed by atoms with E-state index in [4.69, 9.17) is 11.6 Å². The second-order valence-electron chi connectivity index (χ2n) is 5.19. The number of piperidine rings is 1. The van der Waals surface area contributed by atoms with Gasteiger partial charge in [0, 0.05) is 24.4 Å². The highest BCUT2D eigenvalue weighted by atomic mass is 35.5. The smallest absolute Gasteiger partial charge is 0.225 e. The third-order valence-corrected chi connectivity index (χ3v) is 3.96. The molecule has 2 atom stereocenters. The molecule has 0 bridgehead atoms. The lowest BCUT2D eigenvalue weighted by atomic mass is 9.93. The lowest BCUT2D eigenvalue weighted by Crippen LogP contribution is -2.47. The van der Waals surface area contributed by atoms with Crippen LogP contribution in [0.25, 0.3) is 0 Å². The Labute approximate surface area is 104 Å². The monoisotopic (exact) mass is 245 g/mol. The molecule has 94 valence electrons. The quantitative estimate of drug-likeness (QED) is 0.696. The molecule has 0 radical (unpaired) electrons. The summed E-state index contributed by atoms with van der Waals surface area (Å²) in [5, 5.41) is 0. The Kier molecular flexibility index (Phi) is 5.60. The number of rotatable bonds is 4. The molecule has 0 spiro atoms. The van der Waals surface area contributed by atoms with Crippen LogP contribution in [0.2, 0.25) is 0 Å². The molecule has 16 heavy (non-hydrogen) atoms. The zero-order valence-corrected chi connectivity index (χ0v) is 11.5. The zero-order valence-electron chi connectivity index (χ0n) is 10.7. The van der Waals surface area contributed by atoms with E-state index in [1.54, 1.807) is 0 Å². The Hall–Kier alpha value is -0.240. The minimum atomic E-state index is 0.135. The molecule has 1 heterocycles. The van der Waals surface area contributed by atoms with Crippen molar-refractivity contribution >= 4 is 17.5 Å². The molecule has 1 aliphatic rings. The highest BCUT2D eigenvalue weighted by molar-refractivity contribution is 6.17. The summed E-state index contributed by atoms with van der Waals surface area (Å²) in [5.74, 6) is 1.54. The molecular weight excluding hydrogens is 222 g/mol.